The molecule has 2 aliphatic carbocycles. The molecule has 5 nitrogen and oxygen atoms in total. The molecule has 0 atom stereocenters. The molecular weight excluding hydrogens is 228 g/mol. The number of hydrogen-bond donors (Lipinski definition) is 1. The van der Waals surface area contributed by atoms with Gasteiger partial charge in [-0.2, -0.15) is 0 Å². The summed E-state index contributed by atoms with van der Waals surface area (Å²) >= 11 is 0. The van der Waals surface area contributed by atoms with E-state index in [0.717, 1.165) is 13.1 Å². The molecule has 18 heavy (non-hydrogen) atoms. The van der Waals surface area contributed by atoms with E-state index in [2.05, 4.69) is 15.6 Å². The van der Waals surface area contributed by atoms with Crippen molar-refractivity contribution < 1.29 is 4.79 Å². The van der Waals surface area contributed by atoms with Crippen molar-refractivity contribution in [1.29, 1.82) is 0 Å². The molecule has 1 amide bonds. The van der Waals surface area contributed by atoms with Crippen molar-refractivity contribution in [2.45, 2.75) is 45.1 Å². The van der Waals surface area contributed by atoms with Gasteiger partial charge in [-0.05, 0) is 37.5 Å². The zero-order valence-electron chi connectivity index (χ0n) is 10.6. The molecule has 0 bridgehead atoms. The lowest BCUT2D eigenvalue weighted by molar-refractivity contribution is 0.0946. The smallest absolute Gasteiger partial charge is 0.273 e. The molecule has 1 aromatic rings. The predicted octanol–water partition coefficient (Wildman–Crippen LogP) is 1.61. The summed E-state index contributed by atoms with van der Waals surface area (Å²) in [6.45, 7) is 1.69. The van der Waals surface area contributed by atoms with Crippen molar-refractivity contribution in [3.05, 3.63) is 11.9 Å². The topological polar surface area (TPSA) is 59.8 Å². The van der Waals surface area contributed by atoms with E-state index in [4.69, 9.17) is 0 Å². The van der Waals surface area contributed by atoms with Crippen LogP contribution in [-0.2, 0) is 6.54 Å². The number of carbonyl (C=O) groups is 1. The minimum Gasteiger partial charge on any atom is -0.350 e. The Hall–Kier alpha value is -1.39. The Labute approximate surface area is 107 Å². The molecule has 98 valence electrons. The normalized spacial score (nSPS) is 20.2. The summed E-state index contributed by atoms with van der Waals surface area (Å²) in [6, 6.07) is 0. The van der Waals surface area contributed by atoms with Gasteiger partial charge in [0.1, 0.15) is 0 Å². The highest BCUT2D eigenvalue weighted by molar-refractivity contribution is 5.91. The van der Waals surface area contributed by atoms with Gasteiger partial charge in [-0.15, -0.1) is 5.10 Å². The third-order valence-corrected chi connectivity index (χ3v) is 3.94. The van der Waals surface area contributed by atoms with Crippen molar-refractivity contribution in [3.63, 3.8) is 0 Å². The molecular formula is C13H20N4O. The molecule has 1 heterocycles. The SMILES string of the molecule is O=C(NCC1CC1)c1cn(CC2CCCC2)nn1. The molecule has 0 spiro atoms. The Bertz CT molecular complexity index is 418. The van der Waals surface area contributed by atoms with Gasteiger partial charge in [0.05, 0.1) is 6.20 Å². The van der Waals surface area contributed by atoms with Crippen LogP contribution in [0, 0.1) is 11.8 Å². The van der Waals surface area contributed by atoms with E-state index in [-0.39, 0.29) is 5.91 Å². The average molecular weight is 248 g/mol. The van der Waals surface area contributed by atoms with Crippen LogP contribution in [-0.4, -0.2) is 27.4 Å². The number of nitrogens with one attached hydrogen (secondary N) is 1. The quantitative estimate of drug-likeness (QED) is 0.861. The van der Waals surface area contributed by atoms with Crippen LogP contribution in [0.5, 0.6) is 0 Å². The first-order valence-electron chi connectivity index (χ1n) is 6.99. The summed E-state index contributed by atoms with van der Waals surface area (Å²) < 4.78 is 1.82. The van der Waals surface area contributed by atoms with Crippen LogP contribution in [0.2, 0.25) is 0 Å². The number of carbonyl (C=O) groups excluding carboxylic acids is 1. The minimum atomic E-state index is -0.0837. The Morgan fingerprint density at radius 2 is 2.06 bits per heavy atom. The number of aromatic nitrogens is 3. The number of rotatable bonds is 5. The van der Waals surface area contributed by atoms with Gasteiger partial charge in [-0.25, -0.2) is 0 Å². The highest BCUT2D eigenvalue weighted by Gasteiger charge is 2.23. The fourth-order valence-electron chi connectivity index (χ4n) is 2.60. The Morgan fingerprint density at radius 1 is 1.28 bits per heavy atom. The van der Waals surface area contributed by atoms with E-state index in [0.29, 0.717) is 17.5 Å². The van der Waals surface area contributed by atoms with E-state index < -0.39 is 0 Å². The fraction of sp³-hybridized carbons (Fsp3) is 0.769. The van der Waals surface area contributed by atoms with Crippen LogP contribution in [0.4, 0.5) is 0 Å². The second kappa shape index (κ2) is 5.08. The number of nitrogens with zero attached hydrogens (tertiary/aromatic N) is 3. The van der Waals surface area contributed by atoms with Gasteiger partial charge < -0.3 is 5.32 Å². The first kappa shape index (κ1) is 11.7. The molecule has 2 saturated carbocycles. The average Bonchev–Trinajstić information content (AvgIpc) is 2.87. The summed E-state index contributed by atoms with van der Waals surface area (Å²) in [6.07, 6.45) is 9.48. The maximum Gasteiger partial charge on any atom is 0.273 e. The van der Waals surface area contributed by atoms with Crippen molar-refractivity contribution in [1.82, 2.24) is 20.3 Å². The minimum absolute atomic E-state index is 0.0837. The molecule has 1 aromatic heterocycles. The standard InChI is InChI=1S/C13H20N4O/c18-13(14-7-10-5-6-10)12-9-17(16-15-12)8-11-3-1-2-4-11/h9-11H,1-8H2,(H,14,18). The van der Waals surface area contributed by atoms with Gasteiger partial charge in [0.25, 0.3) is 5.91 Å². The van der Waals surface area contributed by atoms with Crippen LogP contribution in [0.1, 0.15) is 49.0 Å². The first-order chi connectivity index (χ1) is 8.81. The largest absolute Gasteiger partial charge is 0.350 e. The van der Waals surface area contributed by atoms with Crippen LogP contribution >= 0.6 is 0 Å². The maximum atomic E-state index is 11.8. The van der Waals surface area contributed by atoms with Crippen LogP contribution in [0.25, 0.3) is 0 Å². The summed E-state index contributed by atoms with van der Waals surface area (Å²) in [5, 5.41) is 10.9. The molecule has 5 heteroatoms. The third-order valence-electron chi connectivity index (χ3n) is 3.94. The van der Waals surface area contributed by atoms with Crippen LogP contribution in [0.3, 0.4) is 0 Å². The zero-order valence-corrected chi connectivity index (χ0v) is 10.6. The van der Waals surface area contributed by atoms with Gasteiger partial charge in [0.2, 0.25) is 0 Å². The van der Waals surface area contributed by atoms with Gasteiger partial charge in [0.15, 0.2) is 5.69 Å². The molecule has 2 aliphatic rings. The lowest BCUT2D eigenvalue weighted by Gasteiger charge is -2.06. The second-order valence-corrected chi connectivity index (χ2v) is 5.63. The molecule has 3 rings (SSSR count). The molecule has 0 unspecified atom stereocenters. The first-order valence-corrected chi connectivity index (χ1v) is 6.99. The lowest BCUT2D eigenvalue weighted by Crippen LogP contribution is -2.25. The molecule has 0 radical (unpaired) electrons. The summed E-state index contributed by atoms with van der Waals surface area (Å²) in [5.74, 6) is 1.33. The molecule has 0 saturated heterocycles. The fourth-order valence-corrected chi connectivity index (χ4v) is 2.60. The van der Waals surface area contributed by atoms with Crippen molar-refractivity contribution in [2.24, 2.45) is 11.8 Å². The lowest BCUT2D eigenvalue weighted by atomic mass is 10.1. The molecule has 1 N–H and O–H groups in total. The van der Waals surface area contributed by atoms with E-state index in [1.165, 1.54) is 38.5 Å². The van der Waals surface area contributed by atoms with Gasteiger partial charge in [-0.1, -0.05) is 18.1 Å². The van der Waals surface area contributed by atoms with Crippen LogP contribution in [0.15, 0.2) is 6.20 Å². The Kier molecular flexibility index (Phi) is 3.30. The second-order valence-electron chi connectivity index (χ2n) is 5.63. The predicted molar refractivity (Wildman–Crippen MR) is 67.0 cm³/mol. The summed E-state index contributed by atoms with van der Waals surface area (Å²) in [7, 11) is 0. The number of hydrogen-bond acceptors (Lipinski definition) is 3. The van der Waals surface area contributed by atoms with Gasteiger partial charge >= 0.3 is 0 Å². The van der Waals surface area contributed by atoms with E-state index in [1.54, 1.807) is 6.20 Å². The highest BCUT2D eigenvalue weighted by Crippen LogP contribution is 2.27. The van der Waals surface area contributed by atoms with Gasteiger partial charge in [-0.3, -0.25) is 9.48 Å². The molecule has 2 fully saturated rings. The van der Waals surface area contributed by atoms with E-state index >= 15 is 0 Å². The zero-order chi connectivity index (χ0) is 12.4. The highest BCUT2D eigenvalue weighted by atomic mass is 16.2. The van der Waals surface area contributed by atoms with E-state index in [1.807, 2.05) is 4.68 Å². The van der Waals surface area contributed by atoms with Crippen molar-refractivity contribution in [3.8, 4) is 0 Å². The number of amides is 1. The van der Waals surface area contributed by atoms with E-state index in [9.17, 15) is 4.79 Å². The molecule has 0 aromatic carbocycles. The van der Waals surface area contributed by atoms with Crippen molar-refractivity contribution in [2.75, 3.05) is 6.54 Å². The maximum absolute atomic E-state index is 11.8. The monoisotopic (exact) mass is 248 g/mol. The Morgan fingerprint density at radius 3 is 2.78 bits per heavy atom. The van der Waals surface area contributed by atoms with Gasteiger partial charge in [0, 0.05) is 13.1 Å². The Balaban J connectivity index is 1.52. The van der Waals surface area contributed by atoms with Crippen LogP contribution < -0.4 is 5.32 Å². The summed E-state index contributed by atoms with van der Waals surface area (Å²) in [5.41, 5.74) is 0.452. The van der Waals surface area contributed by atoms with Crippen molar-refractivity contribution >= 4 is 5.91 Å². The summed E-state index contributed by atoms with van der Waals surface area (Å²) in [4.78, 5) is 11.8. The molecule has 0 aliphatic heterocycles. The third kappa shape index (κ3) is 2.89.